The second-order valence-corrected chi connectivity index (χ2v) is 3.81. The fourth-order valence-electron chi connectivity index (χ4n) is 1.52. The number of carbonyl (C=O) groups excluding carboxylic acids is 1. The summed E-state index contributed by atoms with van der Waals surface area (Å²) in [5.41, 5.74) is 0.314. The predicted molar refractivity (Wildman–Crippen MR) is 65.6 cm³/mol. The van der Waals surface area contributed by atoms with E-state index in [4.69, 9.17) is 10.00 Å². The van der Waals surface area contributed by atoms with E-state index in [-0.39, 0.29) is 5.75 Å². The van der Waals surface area contributed by atoms with Gasteiger partial charge in [-0.2, -0.15) is 5.26 Å². The smallest absolute Gasteiger partial charge is 0.241 e. The highest BCUT2D eigenvalue weighted by molar-refractivity contribution is 5.94. The molecule has 0 heterocycles. The third-order valence-corrected chi connectivity index (χ3v) is 2.47. The summed E-state index contributed by atoms with van der Waals surface area (Å²) in [7, 11) is 1.36. The highest BCUT2D eigenvalue weighted by Gasteiger charge is 2.17. The maximum atomic E-state index is 13.4. The minimum Gasteiger partial charge on any atom is -0.494 e. The Bertz CT molecular complexity index is 469. The first-order valence-corrected chi connectivity index (χ1v) is 5.66. The summed E-state index contributed by atoms with van der Waals surface area (Å²) in [5.74, 6) is -1.57. The quantitative estimate of drug-likeness (QED) is 0.873. The van der Waals surface area contributed by atoms with Crippen LogP contribution in [0.5, 0.6) is 5.75 Å². The number of amides is 1. The van der Waals surface area contributed by atoms with Gasteiger partial charge in [-0.15, -0.1) is 0 Å². The summed E-state index contributed by atoms with van der Waals surface area (Å²) < 4.78 is 18.2. The molecule has 0 saturated carbocycles. The van der Waals surface area contributed by atoms with Gasteiger partial charge in [0.15, 0.2) is 11.6 Å². The lowest BCUT2D eigenvalue weighted by molar-refractivity contribution is -0.118. The van der Waals surface area contributed by atoms with Crippen molar-refractivity contribution in [2.24, 2.45) is 5.92 Å². The molecular formula is C13H15FN2O2. The molecule has 1 aromatic rings. The van der Waals surface area contributed by atoms with Gasteiger partial charge >= 0.3 is 0 Å². The van der Waals surface area contributed by atoms with Crippen molar-refractivity contribution in [2.45, 2.75) is 19.8 Å². The molecule has 0 aliphatic rings. The highest BCUT2D eigenvalue weighted by atomic mass is 19.1. The number of carbonyl (C=O) groups is 1. The second kappa shape index (κ2) is 6.60. The standard InChI is InChI=1S/C13H15FN2O2/c1-3-4-9(8-15)13(17)16-10-5-6-12(18-2)11(14)7-10/h5-7,9H,3-4H2,1-2H3,(H,16,17). The molecule has 4 nitrogen and oxygen atoms in total. The Morgan fingerprint density at radius 2 is 2.33 bits per heavy atom. The zero-order valence-electron chi connectivity index (χ0n) is 10.4. The van der Waals surface area contributed by atoms with Crippen LogP contribution in [0.2, 0.25) is 0 Å². The summed E-state index contributed by atoms with van der Waals surface area (Å²) >= 11 is 0. The summed E-state index contributed by atoms with van der Waals surface area (Å²) in [5, 5.41) is 11.4. The van der Waals surface area contributed by atoms with E-state index < -0.39 is 17.6 Å². The van der Waals surface area contributed by atoms with E-state index >= 15 is 0 Å². The van der Waals surface area contributed by atoms with Crippen molar-refractivity contribution in [3.8, 4) is 11.8 Å². The van der Waals surface area contributed by atoms with Crippen molar-refractivity contribution in [3.63, 3.8) is 0 Å². The van der Waals surface area contributed by atoms with Gasteiger partial charge in [-0.3, -0.25) is 4.79 Å². The van der Waals surface area contributed by atoms with Gasteiger partial charge < -0.3 is 10.1 Å². The van der Waals surface area contributed by atoms with Crippen LogP contribution in [0.3, 0.4) is 0 Å². The molecule has 5 heteroatoms. The number of anilines is 1. The Balaban J connectivity index is 2.76. The SMILES string of the molecule is CCCC(C#N)C(=O)Nc1ccc(OC)c(F)c1. The van der Waals surface area contributed by atoms with Crippen LogP contribution < -0.4 is 10.1 Å². The summed E-state index contributed by atoms with van der Waals surface area (Å²) in [6.45, 7) is 1.89. The number of methoxy groups -OCH3 is 1. The van der Waals surface area contributed by atoms with Gasteiger partial charge in [-0.05, 0) is 18.6 Å². The Morgan fingerprint density at radius 1 is 1.61 bits per heavy atom. The number of nitrogens with one attached hydrogen (secondary N) is 1. The third-order valence-electron chi connectivity index (χ3n) is 2.47. The van der Waals surface area contributed by atoms with Gasteiger partial charge in [0.25, 0.3) is 0 Å². The van der Waals surface area contributed by atoms with Crippen LogP contribution in [0.25, 0.3) is 0 Å². The number of benzene rings is 1. The minimum atomic E-state index is -0.708. The van der Waals surface area contributed by atoms with E-state index in [2.05, 4.69) is 5.32 Å². The Labute approximate surface area is 105 Å². The van der Waals surface area contributed by atoms with Gasteiger partial charge in [0, 0.05) is 11.8 Å². The number of halogens is 1. The predicted octanol–water partition coefficient (Wildman–Crippen LogP) is 2.71. The molecule has 1 aromatic carbocycles. The summed E-state index contributed by atoms with van der Waals surface area (Å²) in [4.78, 5) is 11.7. The Hall–Kier alpha value is -2.09. The maximum Gasteiger partial charge on any atom is 0.241 e. The average molecular weight is 250 g/mol. The van der Waals surface area contributed by atoms with Crippen molar-refractivity contribution in [2.75, 3.05) is 12.4 Å². The van der Waals surface area contributed by atoms with Crippen LogP contribution in [0.1, 0.15) is 19.8 Å². The first-order chi connectivity index (χ1) is 8.62. The number of hydrogen-bond donors (Lipinski definition) is 1. The van der Waals surface area contributed by atoms with Crippen molar-refractivity contribution < 1.29 is 13.9 Å². The van der Waals surface area contributed by atoms with Crippen LogP contribution in [0.4, 0.5) is 10.1 Å². The maximum absolute atomic E-state index is 13.4. The normalized spacial score (nSPS) is 11.4. The van der Waals surface area contributed by atoms with E-state index in [0.717, 1.165) is 12.5 Å². The lowest BCUT2D eigenvalue weighted by atomic mass is 10.0. The van der Waals surface area contributed by atoms with Crippen molar-refractivity contribution in [1.82, 2.24) is 0 Å². The Kier molecular flexibility index (Phi) is 5.12. The van der Waals surface area contributed by atoms with E-state index in [1.54, 1.807) is 0 Å². The first kappa shape index (κ1) is 14.0. The number of nitrogens with zero attached hydrogens (tertiary/aromatic N) is 1. The fourth-order valence-corrected chi connectivity index (χ4v) is 1.52. The van der Waals surface area contributed by atoms with Gasteiger partial charge in [0.2, 0.25) is 5.91 Å². The van der Waals surface area contributed by atoms with Crippen LogP contribution in [-0.2, 0) is 4.79 Å². The molecule has 1 amide bonds. The number of rotatable bonds is 5. The van der Waals surface area contributed by atoms with Crippen LogP contribution in [0.15, 0.2) is 18.2 Å². The second-order valence-electron chi connectivity index (χ2n) is 3.81. The lowest BCUT2D eigenvalue weighted by Gasteiger charge is -2.10. The molecule has 1 N–H and O–H groups in total. The van der Waals surface area contributed by atoms with E-state index in [0.29, 0.717) is 12.1 Å². The molecular weight excluding hydrogens is 235 g/mol. The molecule has 0 spiro atoms. The number of hydrogen-bond acceptors (Lipinski definition) is 3. The summed E-state index contributed by atoms with van der Waals surface area (Å²) in [6, 6.07) is 6.04. The van der Waals surface area contributed by atoms with Crippen molar-refractivity contribution >= 4 is 11.6 Å². The monoisotopic (exact) mass is 250 g/mol. The average Bonchev–Trinajstić information content (AvgIpc) is 2.36. The molecule has 0 aromatic heterocycles. The molecule has 18 heavy (non-hydrogen) atoms. The molecule has 0 aliphatic heterocycles. The highest BCUT2D eigenvalue weighted by Crippen LogP contribution is 2.21. The molecule has 0 saturated heterocycles. The van der Waals surface area contributed by atoms with Crippen LogP contribution in [0, 0.1) is 23.1 Å². The third kappa shape index (κ3) is 3.45. The number of ether oxygens (including phenoxy) is 1. The fraction of sp³-hybridized carbons (Fsp3) is 0.385. The zero-order chi connectivity index (χ0) is 13.5. The summed E-state index contributed by atoms with van der Waals surface area (Å²) in [6.07, 6.45) is 1.23. The molecule has 1 atom stereocenters. The van der Waals surface area contributed by atoms with Crippen molar-refractivity contribution in [3.05, 3.63) is 24.0 Å². The van der Waals surface area contributed by atoms with Crippen molar-refractivity contribution in [1.29, 1.82) is 5.26 Å². The molecule has 96 valence electrons. The zero-order valence-corrected chi connectivity index (χ0v) is 10.4. The molecule has 0 radical (unpaired) electrons. The minimum absolute atomic E-state index is 0.110. The van der Waals surface area contributed by atoms with E-state index in [1.165, 1.54) is 19.2 Å². The van der Waals surface area contributed by atoms with Gasteiger partial charge in [-0.1, -0.05) is 13.3 Å². The molecule has 0 aliphatic carbocycles. The molecule has 0 fully saturated rings. The van der Waals surface area contributed by atoms with Crippen LogP contribution in [-0.4, -0.2) is 13.0 Å². The van der Waals surface area contributed by atoms with Crippen LogP contribution >= 0.6 is 0 Å². The Morgan fingerprint density at radius 3 is 2.83 bits per heavy atom. The molecule has 1 rings (SSSR count). The lowest BCUT2D eigenvalue weighted by Crippen LogP contribution is -2.21. The topological polar surface area (TPSA) is 62.1 Å². The number of nitriles is 1. The van der Waals surface area contributed by atoms with Gasteiger partial charge in [0.1, 0.15) is 5.92 Å². The van der Waals surface area contributed by atoms with E-state index in [9.17, 15) is 9.18 Å². The van der Waals surface area contributed by atoms with Gasteiger partial charge in [0.05, 0.1) is 13.2 Å². The first-order valence-electron chi connectivity index (χ1n) is 5.66. The molecule has 0 bridgehead atoms. The van der Waals surface area contributed by atoms with E-state index in [1.807, 2.05) is 13.0 Å². The largest absolute Gasteiger partial charge is 0.494 e. The van der Waals surface area contributed by atoms with Gasteiger partial charge in [-0.25, -0.2) is 4.39 Å². The molecule has 1 unspecified atom stereocenters.